The molecule has 0 unspecified atom stereocenters. The summed E-state index contributed by atoms with van der Waals surface area (Å²) in [7, 11) is -3.11. The largest absolute Gasteiger partial charge is 0.392 e. The molecular weight excluding hydrogens is 200 g/mol. The summed E-state index contributed by atoms with van der Waals surface area (Å²) in [6.45, 7) is -0.0200. The normalized spacial score (nSPS) is 12.1. The number of benzene rings is 1. The Morgan fingerprint density at radius 1 is 1.29 bits per heavy atom. The molecule has 3 nitrogen and oxygen atoms in total. The zero-order valence-corrected chi connectivity index (χ0v) is 8.66. The Morgan fingerprint density at radius 2 is 1.86 bits per heavy atom. The number of aliphatic hydroxyl groups is 1. The van der Waals surface area contributed by atoms with E-state index in [9.17, 15) is 8.42 Å². The van der Waals surface area contributed by atoms with Gasteiger partial charge in [0, 0.05) is 6.26 Å². The van der Waals surface area contributed by atoms with Gasteiger partial charge in [0.05, 0.1) is 11.5 Å². The molecule has 0 saturated heterocycles. The van der Waals surface area contributed by atoms with E-state index in [-0.39, 0.29) is 6.61 Å². The van der Waals surface area contributed by atoms with Crippen LogP contribution in [0.1, 0.15) is 5.56 Å². The number of hydrogen-bond donors (Lipinski definition) is 1. The van der Waals surface area contributed by atoms with Crippen LogP contribution in [0.5, 0.6) is 0 Å². The molecule has 0 aliphatic rings. The van der Waals surface area contributed by atoms with Crippen molar-refractivity contribution in [2.45, 2.75) is 4.90 Å². The molecule has 0 radical (unpaired) electrons. The molecule has 0 atom stereocenters. The summed E-state index contributed by atoms with van der Waals surface area (Å²) >= 11 is 0. The molecule has 1 aromatic rings. The van der Waals surface area contributed by atoms with E-state index in [0.29, 0.717) is 4.90 Å². The smallest absolute Gasteiger partial charge is 0.175 e. The Bertz CT molecular complexity index is 415. The van der Waals surface area contributed by atoms with E-state index in [4.69, 9.17) is 5.11 Å². The summed E-state index contributed by atoms with van der Waals surface area (Å²) in [5, 5.41) is 8.53. The van der Waals surface area contributed by atoms with Crippen LogP contribution in [0, 0.1) is 0 Å². The Labute approximate surface area is 83.6 Å². The number of aliphatic hydroxyl groups excluding tert-OH is 1. The lowest BCUT2D eigenvalue weighted by atomic mass is 10.2. The average molecular weight is 212 g/mol. The minimum absolute atomic E-state index is 0.0200. The second-order valence-corrected chi connectivity index (χ2v) is 4.94. The van der Waals surface area contributed by atoms with Crippen LogP contribution in [-0.2, 0) is 9.84 Å². The van der Waals surface area contributed by atoms with Crippen LogP contribution in [0.4, 0.5) is 0 Å². The van der Waals surface area contributed by atoms with E-state index in [1.807, 2.05) is 0 Å². The summed E-state index contributed by atoms with van der Waals surface area (Å²) in [6.07, 6.45) is 4.49. The van der Waals surface area contributed by atoms with E-state index in [2.05, 4.69) is 0 Å². The highest BCUT2D eigenvalue weighted by Crippen LogP contribution is 2.10. The molecule has 4 heteroatoms. The topological polar surface area (TPSA) is 54.4 Å². The lowest BCUT2D eigenvalue weighted by molar-refractivity contribution is 0.343. The highest BCUT2D eigenvalue weighted by molar-refractivity contribution is 7.90. The molecule has 0 spiro atoms. The number of sulfone groups is 1. The molecule has 0 amide bonds. The van der Waals surface area contributed by atoms with Crippen LogP contribution in [0.2, 0.25) is 0 Å². The Hall–Kier alpha value is -1.13. The van der Waals surface area contributed by atoms with Crippen molar-refractivity contribution >= 4 is 15.9 Å². The van der Waals surface area contributed by atoms with Gasteiger partial charge in [-0.15, -0.1) is 0 Å². The van der Waals surface area contributed by atoms with Crippen LogP contribution in [0.25, 0.3) is 6.08 Å². The third-order valence-electron chi connectivity index (χ3n) is 1.72. The maximum Gasteiger partial charge on any atom is 0.175 e. The molecule has 1 N–H and O–H groups in total. The van der Waals surface area contributed by atoms with Crippen molar-refractivity contribution in [1.29, 1.82) is 0 Å². The molecular formula is C10H12O3S. The van der Waals surface area contributed by atoms with Gasteiger partial charge in [-0.3, -0.25) is 0 Å². The first kappa shape index (κ1) is 10.9. The number of hydrogen-bond acceptors (Lipinski definition) is 3. The minimum atomic E-state index is -3.11. The molecule has 0 aliphatic carbocycles. The van der Waals surface area contributed by atoms with Gasteiger partial charge in [-0.25, -0.2) is 8.42 Å². The van der Waals surface area contributed by atoms with Crippen LogP contribution in [0.3, 0.4) is 0 Å². The zero-order valence-electron chi connectivity index (χ0n) is 7.84. The predicted octanol–water partition coefficient (Wildman–Crippen LogP) is 1.10. The monoisotopic (exact) mass is 212 g/mol. The summed E-state index contributed by atoms with van der Waals surface area (Å²) in [4.78, 5) is 0.304. The van der Waals surface area contributed by atoms with Crippen molar-refractivity contribution in [3.63, 3.8) is 0 Å². The summed E-state index contributed by atoms with van der Waals surface area (Å²) in [5.41, 5.74) is 0.867. The van der Waals surface area contributed by atoms with Crippen molar-refractivity contribution in [1.82, 2.24) is 0 Å². The summed E-state index contributed by atoms with van der Waals surface area (Å²) in [6, 6.07) is 6.49. The van der Waals surface area contributed by atoms with E-state index in [1.54, 1.807) is 36.4 Å². The van der Waals surface area contributed by atoms with Gasteiger partial charge in [-0.2, -0.15) is 0 Å². The minimum Gasteiger partial charge on any atom is -0.392 e. The fourth-order valence-electron chi connectivity index (χ4n) is 1.01. The summed E-state index contributed by atoms with van der Waals surface area (Å²) < 4.78 is 22.2. The van der Waals surface area contributed by atoms with Crippen LogP contribution in [-0.4, -0.2) is 26.4 Å². The molecule has 0 heterocycles. The van der Waals surface area contributed by atoms with Gasteiger partial charge in [0.2, 0.25) is 0 Å². The lowest BCUT2D eigenvalue weighted by Crippen LogP contribution is -1.96. The molecule has 0 saturated carbocycles. The van der Waals surface area contributed by atoms with Gasteiger partial charge in [0.25, 0.3) is 0 Å². The van der Waals surface area contributed by atoms with Crippen LogP contribution in [0.15, 0.2) is 35.2 Å². The van der Waals surface area contributed by atoms with Gasteiger partial charge in [0.15, 0.2) is 9.84 Å². The van der Waals surface area contributed by atoms with Crippen LogP contribution >= 0.6 is 0 Å². The maximum absolute atomic E-state index is 11.1. The molecule has 0 bridgehead atoms. The predicted molar refractivity (Wildman–Crippen MR) is 55.7 cm³/mol. The van der Waals surface area contributed by atoms with Crippen molar-refractivity contribution in [2.24, 2.45) is 0 Å². The van der Waals surface area contributed by atoms with Crippen molar-refractivity contribution in [2.75, 3.05) is 12.9 Å². The zero-order chi connectivity index (χ0) is 10.6. The van der Waals surface area contributed by atoms with E-state index in [0.717, 1.165) is 5.56 Å². The Kier molecular flexibility index (Phi) is 3.43. The fraction of sp³-hybridized carbons (Fsp3) is 0.200. The quantitative estimate of drug-likeness (QED) is 0.816. The standard InChI is InChI=1S/C10H12O3S/c1-14(12,13)10-6-4-9(5-7-10)3-2-8-11/h2-7,11H,8H2,1H3. The molecule has 1 rings (SSSR count). The molecule has 0 aromatic heterocycles. The first-order chi connectivity index (χ1) is 6.54. The summed E-state index contributed by atoms with van der Waals surface area (Å²) in [5.74, 6) is 0. The van der Waals surface area contributed by atoms with Crippen molar-refractivity contribution < 1.29 is 13.5 Å². The number of rotatable bonds is 3. The van der Waals surface area contributed by atoms with Gasteiger partial charge < -0.3 is 5.11 Å². The van der Waals surface area contributed by atoms with E-state index in [1.165, 1.54) is 6.26 Å². The third-order valence-corrected chi connectivity index (χ3v) is 2.85. The highest BCUT2D eigenvalue weighted by Gasteiger charge is 2.04. The molecule has 1 aromatic carbocycles. The highest BCUT2D eigenvalue weighted by atomic mass is 32.2. The Morgan fingerprint density at radius 3 is 2.29 bits per heavy atom. The van der Waals surface area contributed by atoms with Crippen molar-refractivity contribution in [3.8, 4) is 0 Å². The van der Waals surface area contributed by atoms with E-state index < -0.39 is 9.84 Å². The van der Waals surface area contributed by atoms with Gasteiger partial charge in [-0.1, -0.05) is 24.3 Å². The van der Waals surface area contributed by atoms with Gasteiger partial charge >= 0.3 is 0 Å². The van der Waals surface area contributed by atoms with Crippen LogP contribution < -0.4 is 0 Å². The molecule has 0 aliphatic heterocycles. The molecule has 76 valence electrons. The average Bonchev–Trinajstić information content (AvgIpc) is 2.14. The third kappa shape index (κ3) is 2.97. The first-order valence-corrected chi connectivity index (χ1v) is 6.00. The maximum atomic E-state index is 11.1. The second kappa shape index (κ2) is 4.39. The molecule has 14 heavy (non-hydrogen) atoms. The SMILES string of the molecule is CS(=O)(=O)c1ccc(C=CCO)cc1. The lowest BCUT2D eigenvalue weighted by Gasteiger charge is -1.98. The Balaban J connectivity index is 2.95. The van der Waals surface area contributed by atoms with E-state index >= 15 is 0 Å². The fourth-order valence-corrected chi connectivity index (χ4v) is 1.65. The molecule has 0 fully saturated rings. The second-order valence-electron chi connectivity index (χ2n) is 2.93. The van der Waals surface area contributed by atoms with Gasteiger partial charge in [-0.05, 0) is 17.7 Å². The van der Waals surface area contributed by atoms with Gasteiger partial charge in [0.1, 0.15) is 0 Å². The first-order valence-electron chi connectivity index (χ1n) is 4.11. The van der Waals surface area contributed by atoms with Crippen molar-refractivity contribution in [3.05, 3.63) is 35.9 Å².